The summed E-state index contributed by atoms with van der Waals surface area (Å²) < 4.78 is 16.7. The maximum absolute atomic E-state index is 13.8. The maximum Gasteiger partial charge on any atom is 0.236 e. The summed E-state index contributed by atoms with van der Waals surface area (Å²) in [5, 5.41) is 15.2. The number of rotatable bonds is 12. The van der Waals surface area contributed by atoms with Crippen molar-refractivity contribution in [3.8, 4) is 17.2 Å². The molecule has 1 aromatic heterocycles. The summed E-state index contributed by atoms with van der Waals surface area (Å²) in [6, 6.07) is 14.1. The third-order valence-corrected chi connectivity index (χ3v) is 7.81. The molecule has 0 aliphatic carbocycles. The van der Waals surface area contributed by atoms with Crippen molar-refractivity contribution < 1.29 is 19.0 Å². The van der Waals surface area contributed by atoms with Crippen LogP contribution < -0.4 is 14.2 Å². The molecule has 2 aliphatic rings. The monoisotopic (exact) mass is 534 g/mol. The number of nitrogens with one attached hydrogen (secondary N) is 1. The lowest BCUT2D eigenvalue weighted by Crippen LogP contribution is -2.41. The first-order valence-electron chi connectivity index (χ1n) is 13.9. The molecule has 10 nitrogen and oxygen atoms in total. The average Bonchev–Trinajstić information content (AvgIpc) is 3.72. The highest BCUT2D eigenvalue weighted by Crippen LogP contribution is 2.51. The van der Waals surface area contributed by atoms with Crippen LogP contribution >= 0.6 is 0 Å². The molecule has 1 fully saturated rings. The molecule has 0 radical (unpaired) electrons. The third kappa shape index (κ3) is 5.85. The van der Waals surface area contributed by atoms with Gasteiger partial charge in [-0.1, -0.05) is 44.9 Å². The predicted octanol–water partition coefficient (Wildman–Crippen LogP) is 4.29. The number of benzene rings is 2. The SMILES string of the molecule is CCCCN(CCCC)C(=O)CN1CC(c2ccc3c(c2)OCO3)C(c2nnn[nH]2)C1c1ccc(OC)cc1. The van der Waals surface area contributed by atoms with Crippen LogP contribution in [0.25, 0.3) is 0 Å². The van der Waals surface area contributed by atoms with Gasteiger partial charge in [-0.05, 0) is 58.7 Å². The van der Waals surface area contributed by atoms with Gasteiger partial charge in [-0.15, -0.1) is 5.10 Å². The predicted molar refractivity (Wildman–Crippen MR) is 146 cm³/mol. The molecule has 2 aromatic carbocycles. The van der Waals surface area contributed by atoms with Crippen LogP contribution in [0, 0.1) is 0 Å². The Labute approximate surface area is 229 Å². The summed E-state index contributed by atoms with van der Waals surface area (Å²) in [4.78, 5) is 18.1. The summed E-state index contributed by atoms with van der Waals surface area (Å²) >= 11 is 0. The second kappa shape index (κ2) is 12.5. The van der Waals surface area contributed by atoms with Gasteiger partial charge in [0.15, 0.2) is 17.3 Å². The Hall–Kier alpha value is -3.66. The highest BCUT2D eigenvalue weighted by Gasteiger charge is 2.47. The van der Waals surface area contributed by atoms with E-state index >= 15 is 0 Å². The molecule has 3 atom stereocenters. The number of tetrazole rings is 1. The quantitative estimate of drug-likeness (QED) is 0.367. The van der Waals surface area contributed by atoms with Crippen LogP contribution in [0.1, 0.15) is 74.4 Å². The van der Waals surface area contributed by atoms with E-state index in [1.807, 2.05) is 23.1 Å². The fraction of sp³-hybridized carbons (Fsp3) is 0.517. The molecule has 1 saturated heterocycles. The van der Waals surface area contributed by atoms with E-state index < -0.39 is 0 Å². The van der Waals surface area contributed by atoms with Crippen LogP contribution in [0.4, 0.5) is 0 Å². The van der Waals surface area contributed by atoms with Gasteiger partial charge in [-0.2, -0.15) is 0 Å². The smallest absolute Gasteiger partial charge is 0.236 e. The van der Waals surface area contributed by atoms with Gasteiger partial charge in [0.05, 0.1) is 13.7 Å². The molecule has 3 unspecified atom stereocenters. The number of carbonyl (C=O) groups excluding carboxylic acids is 1. The lowest BCUT2D eigenvalue weighted by molar-refractivity contribution is -0.132. The summed E-state index contributed by atoms with van der Waals surface area (Å²) in [5.41, 5.74) is 2.19. The van der Waals surface area contributed by atoms with Crippen LogP contribution in [0.2, 0.25) is 0 Å². The fourth-order valence-corrected chi connectivity index (χ4v) is 5.75. The molecule has 5 rings (SSSR count). The van der Waals surface area contributed by atoms with E-state index in [-0.39, 0.29) is 30.6 Å². The zero-order chi connectivity index (χ0) is 27.2. The van der Waals surface area contributed by atoms with Crippen molar-refractivity contribution in [3.05, 3.63) is 59.4 Å². The number of aromatic nitrogens is 4. The van der Waals surface area contributed by atoms with Crippen LogP contribution in [-0.4, -0.2) is 76.4 Å². The summed E-state index contributed by atoms with van der Waals surface area (Å²) in [6.45, 7) is 7.11. The average molecular weight is 535 g/mol. The van der Waals surface area contributed by atoms with E-state index in [1.54, 1.807) is 7.11 Å². The highest BCUT2D eigenvalue weighted by atomic mass is 16.7. The standard InChI is InChI=1S/C29H38N6O4/c1-4-6-14-34(15-7-5-2)26(36)18-35-17-23(21-10-13-24-25(16-21)39-19-38-24)27(29-30-32-33-31-29)28(35)20-8-11-22(37-3)12-9-20/h8-13,16,23,27-28H,4-7,14-15,17-19H2,1-3H3,(H,30,31,32,33). The van der Waals surface area contributed by atoms with Crippen LogP contribution in [0.5, 0.6) is 17.2 Å². The first-order valence-corrected chi connectivity index (χ1v) is 13.9. The largest absolute Gasteiger partial charge is 0.497 e. The fourth-order valence-electron chi connectivity index (χ4n) is 5.75. The molecule has 3 aromatic rings. The number of aromatic amines is 1. The van der Waals surface area contributed by atoms with Gasteiger partial charge in [-0.25, -0.2) is 5.10 Å². The Bertz CT molecular complexity index is 1210. The minimum Gasteiger partial charge on any atom is -0.497 e. The number of methoxy groups -OCH3 is 1. The second-order valence-electron chi connectivity index (χ2n) is 10.3. The van der Waals surface area contributed by atoms with Gasteiger partial charge in [0.1, 0.15) is 5.75 Å². The second-order valence-corrected chi connectivity index (χ2v) is 10.3. The zero-order valence-corrected chi connectivity index (χ0v) is 23.0. The number of hydrogen-bond donors (Lipinski definition) is 1. The maximum atomic E-state index is 13.8. The first kappa shape index (κ1) is 26.9. The van der Waals surface area contributed by atoms with Crippen molar-refractivity contribution in [1.82, 2.24) is 30.4 Å². The number of unbranched alkanes of at least 4 members (excludes halogenated alkanes) is 2. The Balaban J connectivity index is 1.52. The number of amides is 1. The number of ether oxygens (including phenoxy) is 3. The van der Waals surface area contributed by atoms with Gasteiger partial charge in [0.25, 0.3) is 0 Å². The Morgan fingerprint density at radius 1 is 1.05 bits per heavy atom. The Kier molecular flexibility index (Phi) is 8.61. The van der Waals surface area contributed by atoms with Crippen molar-refractivity contribution in [2.24, 2.45) is 0 Å². The highest BCUT2D eigenvalue weighted by molar-refractivity contribution is 5.78. The van der Waals surface area contributed by atoms with Crippen molar-refractivity contribution in [2.75, 3.05) is 40.1 Å². The van der Waals surface area contributed by atoms with Crippen LogP contribution in [-0.2, 0) is 4.79 Å². The van der Waals surface area contributed by atoms with E-state index in [0.29, 0.717) is 18.9 Å². The first-order chi connectivity index (χ1) is 19.1. The number of H-pyrrole nitrogens is 1. The van der Waals surface area contributed by atoms with Gasteiger partial charge in [-0.3, -0.25) is 9.69 Å². The van der Waals surface area contributed by atoms with E-state index in [2.05, 4.69) is 63.6 Å². The minimum absolute atomic E-state index is 0.0221. The number of carbonyl (C=O) groups is 1. The summed E-state index contributed by atoms with van der Waals surface area (Å²) in [6.07, 6.45) is 4.12. The summed E-state index contributed by atoms with van der Waals surface area (Å²) in [5.74, 6) is 3.04. The molecule has 0 spiro atoms. The van der Waals surface area contributed by atoms with Crippen molar-refractivity contribution in [3.63, 3.8) is 0 Å². The number of fused-ring (bicyclic) bond motifs is 1. The van der Waals surface area contributed by atoms with Gasteiger partial charge in [0, 0.05) is 37.5 Å². The lowest BCUT2D eigenvalue weighted by atomic mass is 9.82. The van der Waals surface area contributed by atoms with Crippen LogP contribution in [0.15, 0.2) is 42.5 Å². The van der Waals surface area contributed by atoms with Gasteiger partial charge < -0.3 is 19.1 Å². The molecule has 10 heteroatoms. The molecule has 39 heavy (non-hydrogen) atoms. The molecule has 0 bridgehead atoms. The van der Waals surface area contributed by atoms with Gasteiger partial charge in [0.2, 0.25) is 12.7 Å². The van der Waals surface area contributed by atoms with Crippen molar-refractivity contribution in [2.45, 2.75) is 57.4 Å². The Morgan fingerprint density at radius 2 is 1.77 bits per heavy atom. The molecular formula is C29H38N6O4. The topological polar surface area (TPSA) is 106 Å². The number of hydrogen-bond acceptors (Lipinski definition) is 8. The van der Waals surface area contributed by atoms with Gasteiger partial charge >= 0.3 is 0 Å². The third-order valence-electron chi connectivity index (χ3n) is 7.81. The van der Waals surface area contributed by atoms with Crippen molar-refractivity contribution in [1.29, 1.82) is 0 Å². The van der Waals surface area contributed by atoms with Crippen LogP contribution in [0.3, 0.4) is 0 Å². The minimum atomic E-state index is -0.121. The zero-order valence-electron chi connectivity index (χ0n) is 23.0. The Morgan fingerprint density at radius 3 is 2.44 bits per heavy atom. The number of likely N-dealkylation sites (tertiary alicyclic amines) is 1. The molecule has 3 heterocycles. The normalized spacial score (nSPS) is 20.3. The van der Waals surface area contributed by atoms with E-state index in [1.165, 1.54) is 0 Å². The number of nitrogens with zero attached hydrogens (tertiary/aromatic N) is 5. The lowest BCUT2D eigenvalue weighted by Gasteiger charge is -2.30. The molecule has 208 valence electrons. The van der Waals surface area contributed by atoms with E-state index in [9.17, 15) is 4.79 Å². The molecule has 2 aliphatic heterocycles. The van der Waals surface area contributed by atoms with Crippen molar-refractivity contribution >= 4 is 5.91 Å². The molecular weight excluding hydrogens is 496 g/mol. The summed E-state index contributed by atoms with van der Waals surface area (Å²) in [7, 11) is 1.66. The van der Waals surface area contributed by atoms with E-state index in [4.69, 9.17) is 14.2 Å². The molecule has 1 amide bonds. The molecule has 1 N–H and O–H groups in total. The van der Waals surface area contributed by atoms with E-state index in [0.717, 1.165) is 67.1 Å². The molecule has 0 saturated carbocycles.